The molecule has 0 fully saturated rings. The Morgan fingerprint density at radius 3 is 0.789 bits per heavy atom. The number of fused-ring (bicyclic) bond motifs is 4. The Kier molecular flexibility index (Phi) is 36.6. The van der Waals surface area contributed by atoms with E-state index in [-0.39, 0.29) is 103 Å². The summed E-state index contributed by atoms with van der Waals surface area (Å²) in [5.41, 5.74) is 16.3. The molecule has 0 bridgehead atoms. The van der Waals surface area contributed by atoms with Crippen molar-refractivity contribution in [3.63, 3.8) is 0 Å². The van der Waals surface area contributed by atoms with Crippen molar-refractivity contribution in [3.8, 4) is 0 Å². The first-order valence-electron chi connectivity index (χ1n) is 42.4. The zero-order valence-corrected chi connectivity index (χ0v) is 72.8. The van der Waals surface area contributed by atoms with E-state index in [1.165, 1.54) is 45.5 Å². The van der Waals surface area contributed by atoms with Gasteiger partial charge in [-0.25, -0.2) is 9.59 Å². The normalized spacial score (nSPS) is 16.9. The fraction of sp³-hybridized carbons (Fsp3) is 0.536. The SMILES string of the molecule is CCC1(CC)c2cc(C(=O)O)c(C(=O)O)cc2C(CC)(CC)N1C(=O)c1ccccc1.CCC1(CC)c2cc(C)c(C)cc2C(CC)(CC)N1Cc1ccccc1.CCC1(CC)c2cc(CO)c(CO)cc2C(CC)(CC)N1Cc1ccccc1.CCC1(CC)c2cc(CO)c(CO)cc2C(CC)(CC)N1O.CCOCC.[AlH3].[H-].[Li+]. The molecule has 4 aliphatic rings. The summed E-state index contributed by atoms with van der Waals surface area (Å²) < 4.78 is 4.83. The van der Waals surface area contributed by atoms with Gasteiger partial charge in [0.05, 0.1) is 59.7 Å². The molecule has 4 heterocycles. The van der Waals surface area contributed by atoms with Gasteiger partial charge in [0, 0.05) is 54.0 Å². The van der Waals surface area contributed by atoms with Crippen LogP contribution < -0.4 is 18.9 Å². The Morgan fingerprint density at radius 2 is 0.570 bits per heavy atom. The van der Waals surface area contributed by atoms with Crippen molar-refractivity contribution in [3.05, 3.63) is 245 Å². The van der Waals surface area contributed by atoms with Crippen molar-refractivity contribution in [1.29, 1.82) is 0 Å². The molecule has 0 radical (unpaired) electrons. The van der Waals surface area contributed by atoms with E-state index in [0.717, 1.165) is 148 Å². The zero-order valence-electron chi connectivity index (χ0n) is 73.8. The maximum atomic E-state index is 13.9. The molecule has 0 atom stereocenters. The van der Waals surface area contributed by atoms with Gasteiger partial charge in [-0.1, -0.05) is 226 Å². The van der Waals surface area contributed by atoms with Crippen molar-refractivity contribution in [2.75, 3.05) is 13.2 Å². The first kappa shape index (κ1) is 98.3. The Labute approximate surface area is 709 Å². The van der Waals surface area contributed by atoms with Crippen LogP contribution in [-0.2, 0) is 88.6 Å². The van der Waals surface area contributed by atoms with E-state index in [1.54, 1.807) is 28.3 Å². The topological polar surface area (TPSA) is 215 Å². The smallest absolute Gasteiger partial charge is 1.00 e. The molecular weight excluding hydrogens is 1430 g/mol. The molecule has 0 aliphatic carbocycles. The van der Waals surface area contributed by atoms with E-state index in [2.05, 4.69) is 192 Å². The molecule has 0 unspecified atom stereocenters. The minimum absolute atomic E-state index is 0. The molecule has 7 N–H and O–H groups in total. The number of hydrogen-bond donors (Lipinski definition) is 7. The fourth-order valence-corrected chi connectivity index (χ4v) is 20.8. The van der Waals surface area contributed by atoms with Crippen LogP contribution in [0.15, 0.2) is 140 Å². The van der Waals surface area contributed by atoms with Gasteiger partial charge >= 0.3 is 30.8 Å². The fourth-order valence-electron chi connectivity index (χ4n) is 20.8. The number of aromatic carboxylic acids is 2. The van der Waals surface area contributed by atoms with Crippen molar-refractivity contribution in [2.24, 2.45) is 0 Å². The maximum absolute atomic E-state index is 13.9. The number of benzene rings is 7. The van der Waals surface area contributed by atoms with Crippen LogP contribution in [0.4, 0.5) is 0 Å². The van der Waals surface area contributed by atoms with Crippen LogP contribution in [0.25, 0.3) is 0 Å². The van der Waals surface area contributed by atoms with Crippen LogP contribution >= 0.6 is 0 Å². The number of carbonyl (C=O) groups is 3. The van der Waals surface area contributed by atoms with Crippen LogP contribution in [0, 0.1) is 13.8 Å². The predicted octanol–water partition coefficient (Wildman–Crippen LogP) is 17.7. The second kappa shape index (κ2) is 42.4. The minimum atomic E-state index is -1.28. The average molecular weight is 1570 g/mol. The number of carboxylic acid groups (broad SMARTS) is 2. The molecule has 1 amide bonds. The molecule has 17 heteroatoms. The van der Waals surface area contributed by atoms with E-state index in [4.69, 9.17) is 4.74 Å². The van der Waals surface area contributed by atoms with Gasteiger partial charge in [-0.05, 0) is 244 Å². The van der Waals surface area contributed by atoms with Gasteiger partial charge in [0.25, 0.3) is 5.91 Å². The van der Waals surface area contributed by atoms with E-state index in [0.29, 0.717) is 31.2 Å². The van der Waals surface area contributed by atoms with Gasteiger partial charge in [-0.2, -0.15) is 5.06 Å². The van der Waals surface area contributed by atoms with Crippen LogP contribution in [0.2, 0.25) is 0 Å². The van der Waals surface area contributed by atoms with Gasteiger partial charge in [0.1, 0.15) is 0 Å². The monoisotopic (exact) mass is 1570 g/mol. The molecule has 11 rings (SSSR count). The summed E-state index contributed by atoms with van der Waals surface area (Å²) in [5.74, 6) is -2.70. The third-order valence-electron chi connectivity index (χ3n) is 27.7. The quantitative estimate of drug-likeness (QED) is 0.0217. The molecule has 0 saturated carbocycles. The van der Waals surface area contributed by atoms with Crippen molar-refractivity contribution >= 4 is 35.2 Å². The van der Waals surface area contributed by atoms with Crippen LogP contribution in [0.1, 0.15) is 349 Å². The van der Waals surface area contributed by atoms with E-state index in [1.807, 2.05) is 76.8 Å². The Hall–Kier alpha value is -6.28. The summed E-state index contributed by atoms with van der Waals surface area (Å²) in [6.45, 7) is 46.9. The summed E-state index contributed by atoms with van der Waals surface area (Å²) in [6.07, 6.45) is 14.3. The molecule has 15 nitrogen and oxygen atoms in total. The van der Waals surface area contributed by atoms with E-state index < -0.39 is 34.1 Å². The number of hydroxylamine groups is 2. The molecule has 620 valence electrons. The number of carboxylic acids is 2. The number of aryl methyl sites for hydroxylation is 2. The average Bonchev–Trinajstić information content (AvgIpc) is 1.57. The van der Waals surface area contributed by atoms with Crippen molar-refractivity contribution in [1.82, 2.24) is 19.8 Å². The number of carbonyl (C=O) groups excluding carboxylic acids is 1. The summed E-state index contributed by atoms with van der Waals surface area (Å²) >= 11 is 0. The summed E-state index contributed by atoms with van der Waals surface area (Å²) in [7, 11) is 0. The molecule has 114 heavy (non-hydrogen) atoms. The van der Waals surface area contributed by atoms with Gasteiger partial charge in [0.2, 0.25) is 0 Å². The number of aliphatic hydroxyl groups excluding tert-OH is 4. The summed E-state index contributed by atoms with van der Waals surface area (Å²) in [6, 6.07) is 47.2. The number of nitrogens with zero attached hydrogens (tertiary/aromatic N) is 4. The van der Waals surface area contributed by atoms with Crippen LogP contribution in [0.5, 0.6) is 0 Å². The largest absolute Gasteiger partial charge is 1.00 e. The molecule has 7 aromatic rings. The summed E-state index contributed by atoms with van der Waals surface area (Å²) in [4.78, 5) is 45.2. The van der Waals surface area contributed by atoms with Gasteiger partial charge < -0.3 is 46.9 Å². The van der Waals surface area contributed by atoms with Crippen molar-refractivity contribution in [2.45, 2.75) is 325 Å². The number of hydrogen-bond acceptors (Lipinski definition) is 12. The third-order valence-corrected chi connectivity index (χ3v) is 27.7. The number of amides is 1. The summed E-state index contributed by atoms with van der Waals surface area (Å²) in [5, 5.41) is 71.2. The first-order chi connectivity index (χ1) is 53.7. The first-order valence-corrected chi connectivity index (χ1v) is 42.4. The number of ether oxygens (including phenoxy) is 1. The van der Waals surface area contributed by atoms with Crippen molar-refractivity contribution < 1.29 is 75.3 Å². The van der Waals surface area contributed by atoms with Crippen LogP contribution in [-0.4, -0.2) is 104 Å². The molecule has 0 spiro atoms. The van der Waals surface area contributed by atoms with E-state index in [9.17, 15) is 50.2 Å². The third kappa shape index (κ3) is 17.2. The number of aliphatic hydroxyl groups is 4. The van der Waals surface area contributed by atoms with Crippen LogP contribution in [0.3, 0.4) is 0 Å². The molecule has 4 aliphatic heterocycles. The second-order valence-electron chi connectivity index (χ2n) is 31.2. The molecule has 0 aromatic heterocycles. The minimum Gasteiger partial charge on any atom is -1.00 e. The second-order valence-corrected chi connectivity index (χ2v) is 31.2. The standard InChI is InChI=1S/C25H29NO5.C25H35NO2.C25H35N.C18H29NO3.C4H10O.Al.Li.4H/c1-5-24(6-2)19-14-17(22(28)29)18(23(30)31)15-20(19)25(7-3,8-4)26(24)21(27)16-12-10-9-11-13-16;1-5-24(6-2)22-14-20(17-27)21(18-28)15-23(22)25(7-3,8-4)26(24)16-19-12-10-9-11-13-19;1-7-24(8-2)22-16-19(5)20(6)17-23(22)25(9-3,10-4)26(24)18-21-14-12-11-13-15-21;1-5-17(6-2)15-9-13(11-20)14(12-21)10-16(15)18(7-3,8-4)19(17)22;1-3-5-4-2;;;;;;/h9-15H,5-8H2,1-4H3,(H,28,29)(H,30,31);9-15,27-28H,5-8,16-18H2,1-4H3;11-17H,7-10,18H2,1-6H3;9-10,20-22H,5-8,11-12H2,1-4H3;3-4H2,1-2H3;;;;;;/q;;;;;;+1;;;;-1. The zero-order chi connectivity index (χ0) is 83.0. The molecule has 0 saturated heterocycles. The Bertz CT molecular complexity index is 4040. The Balaban J connectivity index is 0.000000315. The molecule has 7 aromatic carbocycles. The predicted molar refractivity (Wildman–Crippen MR) is 464 cm³/mol. The Morgan fingerprint density at radius 1 is 0.342 bits per heavy atom. The molecular formula is C97H142AlLiN4O11. The van der Waals surface area contributed by atoms with Gasteiger partial charge in [-0.15, -0.1) is 0 Å². The van der Waals surface area contributed by atoms with E-state index >= 15 is 0 Å². The number of rotatable bonds is 29. The van der Waals surface area contributed by atoms with Gasteiger partial charge in [0.15, 0.2) is 17.4 Å². The maximum Gasteiger partial charge on any atom is 1.00 e. The van der Waals surface area contributed by atoms with Gasteiger partial charge in [-0.3, -0.25) is 14.6 Å².